The van der Waals surface area contributed by atoms with Gasteiger partial charge in [0, 0.05) is 12.6 Å². The minimum Gasteiger partial charge on any atom is -0.309 e. The molecule has 4 nitrogen and oxygen atoms in total. The molecule has 0 aromatic rings. The van der Waals surface area contributed by atoms with Gasteiger partial charge < -0.3 is 5.32 Å². The highest BCUT2D eigenvalue weighted by molar-refractivity contribution is 5.89. The van der Waals surface area contributed by atoms with Gasteiger partial charge in [-0.05, 0) is 14.0 Å². The van der Waals surface area contributed by atoms with E-state index in [1.165, 1.54) is 0 Å². The quantitative estimate of drug-likeness (QED) is 0.477. The van der Waals surface area contributed by atoms with Gasteiger partial charge in [-0.25, -0.2) is 0 Å². The summed E-state index contributed by atoms with van der Waals surface area (Å²) in [7, 11) is 1.87. The van der Waals surface area contributed by atoms with E-state index in [0.717, 1.165) is 0 Å². The summed E-state index contributed by atoms with van der Waals surface area (Å²) in [5.41, 5.74) is 2.45. The van der Waals surface area contributed by atoms with Crippen LogP contribution in [0.3, 0.4) is 0 Å². The first-order chi connectivity index (χ1) is 4.66. The third-order valence-corrected chi connectivity index (χ3v) is 1.66. The molecular formula is C6H12N4. The van der Waals surface area contributed by atoms with Crippen LogP contribution in [0, 0.1) is 5.41 Å². The lowest BCUT2D eigenvalue weighted by Crippen LogP contribution is -2.48. The van der Waals surface area contributed by atoms with Crippen LogP contribution >= 0.6 is 0 Å². The minimum atomic E-state index is -0.137. The first-order valence-electron chi connectivity index (χ1n) is 3.23. The maximum atomic E-state index is 7.28. The van der Waals surface area contributed by atoms with Gasteiger partial charge in [0.25, 0.3) is 0 Å². The fourth-order valence-electron chi connectivity index (χ4n) is 0.858. The minimum absolute atomic E-state index is 0.137. The summed E-state index contributed by atoms with van der Waals surface area (Å²) in [5.74, 6) is 0.458. The number of hydrogen-bond acceptors (Lipinski definition) is 3. The number of rotatable bonds is 1. The summed E-state index contributed by atoms with van der Waals surface area (Å²) in [6.07, 6.45) is 2.46. The molecule has 0 fully saturated rings. The molecule has 0 saturated carbocycles. The zero-order valence-electron chi connectivity index (χ0n) is 6.23. The Kier molecular flexibility index (Phi) is 1.72. The van der Waals surface area contributed by atoms with Crippen molar-refractivity contribution in [1.29, 1.82) is 5.41 Å². The van der Waals surface area contributed by atoms with Gasteiger partial charge in [0.05, 0.1) is 5.54 Å². The van der Waals surface area contributed by atoms with E-state index in [1.54, 1.807) is 6.21 Å². The number of hydrogen-bond donors (Lipinski definition) is 3. The molecule has 0 saturated heterocycles. The molecule has 1 rings (SSSR count). The van der Waals surface area contributed by atoms with E-state index in [2.05, 4.69) is 15.8 Å². The first-order valence-corrected chi connectivity index (χ1v) is 3.23. The predicted molar refractivity (Wildman–Crippen MR) is 41.4 cm³/mol. The van der Waals surface area contributed by atoms with Crippen LogP contribution in [0.5, 0.6) is 0 Å². The van der Waals surface area contributed by atoms with Crippen LogP contribution in [0.15, 0.2) is 5.10 Å². The number of hydrazone groups is 1. The van der Waals surface area contributed by atoms with E-state index in [0.29, 0.717) is 12.3 Å². The second kappa shape index (κ2) is 2.38. The van der Waals surface area contributed by atoms with Crippen molar-refractivity contribution in [2.75, 3.05) is 7.05 Å². The Morgan fingerprint density at radius 2 is 2.60 bits per heavy atom. The SMILES string of the molecule is CNC1(C)C=NNC(=N)C1. The van der Waals surface area contributed by atoms with Crippen LogP contribution in [0.2, 0.25) is 0 Å². The Balaban J connectivity index is 2.71. The lowest BCUT2D eigenvalue weighted by atomic mass is 9.98. The third-order valence-electron chi connectivity index (χ3n) is 1.66. The number of amidine groups is 1. The maximum absolute atomic E-state index is 7.28. The van der Waals surface area contributed by atoms with Crippen molar-refractivity contribution in [2.45, 2.75) is 18.9 Å². The molecule has 1 atom stereocenters. The van der Waals surface area contributed by atoms with Crippen LogP contribution in [0.25, 0.3) is 0 Å². The fourth-order valence-corrected chi connectivity index (χ4v) is 0.858. The molecule has 1 heterocycles. The van der Waals surface area contributed by atoms with Crippen molar-refractivity contribution >= 4 is 12.1 Å². The fraction of sp³-hybridized carbons (Fsp3) is 0.667. The molecule has 1 unspecified atom stereocenters. The molecule has 0 amide bonds. The lowest BCUT2D eigenvalue weighted by Gasteiger charge is -2.27. The summed E-state index contributed by atoms with van der Waals surface area (Å²) in [4.78, 5) is 0. The van der Waals surface area contributed by atoms with Crippen molar-refractivity contribution in [3.63, 3.8) is 0 Å². The van der Waals surface area contributed by atoms with Gasteiger partial charge in [-0.2, -0.15) is 5.10 Å². The molecule has 0 aliphatic carbocycles. The van der Waals surface area contributed by atoms with E-state index in [4.69, 9.17) is 5.41 Å². The van der Waals surface area contributed by atoms with E-state index in [1.807, 2.05) is 14.0 Å². The van der Waals surface area contributed by atoms with E-state index < -0.39 is 0 Å². The lowest BCUT2D eigenvalue weighted by molar-refractivity contribution is 0.522. The van der Waals surface area contributed by atoms with Crippen molar-refractivity contribution in [1.82, 2.24) is 10.7 Å². The Labute approximate surface area is 60.2 Å². The highest BCUT2D eigenvalue weighted by Crippen LogP contribution is 2.08. The van der Waals surface area contributed by atoms with Crippen LogP contribution in [-0.2, 0) is 0 Å². The van der Waals surface area contributed by atoms with Gasteiger partial charge in [-0.3, -0.25) is 10.8 Å². The summed E-state index contributed by atoms with van der Waals surface area (Å²) >= 11 is 0. The number of nitrogens with one attached hydrogen (secondary N) is 3. The summed E-state index contributed by atoms with van der Waals surface area (Å²) in [6, 6.07) is 0. The average molecular weight is 140 g/mol. The molecule has 0 radical (unpaired) electrons. The second-order valence-corrected chi connectivity index (χ2v) is 2.69. The molecule has 0 aromatic heterocycles. The first kappa shape index (κ1) is 7.21. The van der Waals surface area contributed by atoms with Gasteiger partial charge >= 0.3 is 0 Å². The molecule has 1 aliphatic rings. The molecule has 0 aromatic carbocycles. The van der Waals surface area contributed by atoms with Crippen molar-refractivity contribution < 1.29 is 0 Å². The smallest absolute Gasteiger partial charge is 0.116 e. The second-order valence-electron chi connectivity index (χ2n) is 2.69. The van der Waals surface area contributed by atoms with Crippen LogP contribution in [-0.4, -0.2) is 24.6 Å². The van der Waals surface area contributed by atoms with E-state index in [-0.39, 0.29) is 5.54 Å². The zero-order chi connectivity index (χ0) is 7.61. The maximum Gasteiger partial charge on any atom is 0.116 e. The molecule has 0 bridgehead atoms. The van der Waals surface area contributed by atoms with Crippen molar-refractivity contribution in [3.8, 4) is 0 Å². The molecule has 1 aliphatic heterocycles. The number of nitrogens with zero attached hydrogens (tertiary/aromatic N) is 1. The molecule has 4 heteroatoms. The van der Waals surface area contributed by atoms with E-state index in [9.17, 15) is 0 Å². The highest BCUT2D eigenvalue weighted by atomic mass is 15.3. The monoisotopic (exact) mass is 140 g/mol. The summed E-state index contributed by atoms with van der Waals surface area (Å²) < 4.78 is 0. The Morgan fingerprint density at radius 3 is 3.00 bits per heavy atom. The van der Waals surface area contributed by atoms with Crippen LogP contribution in [0.4, 0.5) is 0 Å². The van der Waals surface area contributed by atoms with E-state index >= 15 is 0 Å². The summed E-state index contributed by atoms with van der Waals surface area (Å²) in [6.45, 7) is 2.01. The third kappa shape index (κ3) is 1.33. The normalized spacial score (nSPS) is 32.0. The average Bonchev–Trinajstić information content (AvgIpc) is 1.88. The Bertz CT molecular complexity index is 175. The molecular weight excluding hydrogens is 128 g/mol. The largest absolute Gasteiger partial charge is 0.309 e. The van der Waals surface area contributed by atoms with Crippen molar-refractivity contribution in [3.05, 3.63) is 0 Å². The van der Waals surface area contributed by atoms with Crippen LogP contribution in [0.1, 0.15) is 13.3 Å². The van der Waals surface area contributed by atoms with Crippen LogP contribution < -0.4 is 10.7 Å². The van der Waals surface area contributed by atoms with Gasteiger partial charge in [0.1, 0.15) is 5.84 Å². The topological polar surface area (TPSA) is 60.3 Å². The molecule has 3 N–H and O–H groups in total. The van der Waals surface area contributed by atoms with Gasteiger partial charge in [0.2, 0.25) is 0 Å². The van der Waals surface area contributed by atoms with Gasteiger partial charge in [-0.1, -0.05) is 0 Å². The molecule has 10 heavy (non-hydrogen) atoms. The standard InChI is InChI=1S/C6H12N4/c1-6(8-2)3-5(7)10-9-4-6/h4,8H,3H2,1-2H3,(H2,7,10). The zero-order valence-corrected chi connectivity index (χ0v) is 6.23. The summed E-state index contributed by atoms with van der Waals surface area (Å²) in [5, 5.41) is 14.2. The highest BCUT2D eigenvalue weighted by Gasteiger charge is 2.24. The van der Waals surface area contributed by atoms with Gasteiger partial charge in [-0.15, -0.1) is 0 Å². The van der Waals surface area contributed by atoms with Gasteiger partial charge in [0.15, 0.2) is 0 Å². The molecule has 56 valence electrons. The Hall–Kier alpha value is -0.900. The molecule has 0 spiro atoms. The Morgan fingerprint density at radius 1 is 1.90 bits per heavy atom. The predicted octanol–water partition coefficient (Wildman–Crippen LogP) is -0.0791. The van der Waals surface area contributed by atoms with Crippen molar-refractivity contribution in [2.24, 2.45) is 5.10 Å².